The van der Waals surface area contributed by atoms with E-state index in [1.54, 1.807) is 0 Å². The van der Waals surface area contributed by atoms with Gasteiger partial charge >= 0.3 is 0 Å². The van der Waals surface area contributed by atoms with Gasteiger partial charge in [0.15, 0.2) is 0 Å². The lowest BCUT2D eigenvalue weighted by atomic mass is 10.2. The molecule has 3 rings (SSSR count). The standard InChI is InChI=1S/C12H17N3OS/c1-2-11(15-4-7-17-8-5-15)14-12-10(1)9-13-3-6-16-12/h1-2,13H,3-9H2. The fourth-order valence-electron chi connectivity index (χ4n) is 2.13. The highest BCUT2D eigenvalue weighted by molar-refractivity contribution is 7.99. The average Bonchev–Trinajstić information content (AvgIpc) is 2.64. The first-order valence-electron chi connectivity index (χ1n) is 6.09. The Bertz CT molecular complexity index is 393. The number of hydrogen-bond donors (Lipinski definition) is 1. The molecule has 0 unspecified atom stereocenters. The maximum Gasteiger partial charge on any atom is 0.219 e. The maximum atomic E-state index is 5.67. The van der Waals surface area contributed by atoms with Crippen LogP contribution >= 0.6 is 11.8 Å². The molecule has 1 saturated heterocycles. The first-order valence-corrected chi connectivity index (χ1v) is 7.25. The first kappa shape index (κ1) is 11.2. The number of ether oxygens (including phenoxy) is 1. The first-order chi connectivity index (χ1) is 8.43. The summed E-state index contributed by atoms with van der Waals surface area (Å²) in [5, 5.41) is 3.32. The lowest BCUT2D eigenvalue weighted by Gasteiger charge is -2.27. The number of nitrogens with one attached hydrogen (secondary N) is 1. The smallest absolute Gasteiger partial charge is 0.219 e. The fourth-order valence-corrected chi connectivity index (χ4v) is 3.03. The predicted octanol–water partition coefficient (Wildman–Crippen LogP) is 1.12. The Morgan fingerprint density at radius 2 is 2.18 bits per heavy atom. The summed E-state index contributed by atoms with van der Waals surface area (Å²) in [6.45, 7) is 4.65. The molecule has 1 N–H and O–H groups in total. The van der Waals surface area contributed by atoms with Gasteiger partial charge in [0, 0.05) is 43.2 Å². The van der Waals surface area contributed by atoms with Gasteiger partial charge in [-0.2, -0.15) is 16.7 Å². The molecule has 2 aliphatic rings. The van der Waals surface area contributed by atoms with Gasteiger partial charge in [-0.15, -0.1) is 0 Å². The molecule has 0 atom stereocenters. The number of rotatable bonds is 1. The molecule has 0 saturated carbocycles. The minimum atomic E-state index is 0.708. The molecule has 0 amide bonds. The van der Waals surface area contributed by atoms with Gasteiger partial charge < -0.3 is 15.0 Å². The predicted molar refractivity (Wildman–Crippen MR) is 71.0 cm³/mol. The molecule has 4 nitrogen and oxygen atoms in total. The lowest BCUT2D eigenvalue weighted by molar-refractivity contribution is 0.314. The molecule has 3 heterocycles. The Kier molecular flexibility index (Phi) is 3.38. The number of thioether (sulfide) groups is 1. The van der Waals surface area contributed by atoms with Gasteiger partial charge in [0.05, 0.1) is 0 Å². The second-order valence-electron chi connectivity index (χ2n) is 4.26. The summed E-state index contributed by atoms with van der Waals surface area (Å²) in [7, 11) is 0. The van der Waals surface area contributed by atoms with Crippen molar-refractivity contribution in [2.45, 2.75) is 6.54 Å². The Morgan fingerprint density at radius 1 is 1.29 bits per heavy atom. The van der Waals surface area contributed by atoms with E-state index in [4.69, 9.17) is 4.74 Å². The quantitative estimate of drug-likeness (QED) is 0.809. The summed E-state index contributed by atoms with van der Waals surface area (Å²) in [4.78, 5) is 7.00. The van der Waals surface area contributed by atoms with Crippen LogP contribution in [0.5, 0.6) is 5.88 Å². The van der Waals surface area contributed by atoms with Crippen LogP contribution in [0.1, 0.15) is 5.56 Å². The Morgan fingerprint density at radius 3 is 3.06 bits per heavy atom. The van der Waals surface area contributed by atoms with Crippen LogP contribution in [0.2, 0.25) is 0 Å². The molecule has 0 radical (unpaired) electrons. The molecule has 0 spiro atoms. The van der Waals surface area contributed by atoms with E-state index in [9.17, 15) is 0 Å². The summed E-state index contributed by atoms with van der Waals surface area (Å²) in [5.41, 5.74) is 1.16. The zero-order valence-electron chi connectivity index (χ0n) is 9.82. The highest BCUT2D eigenvalue weighted by atomic mass is 32.2. The zero-order chi connectivity index (χ0) is 11.5. The Balaban J connectivity index is 1.83. The summed E-state index contributed by atoms with van der Waals surface area (Å²) in [6.07, 6.45) is 0. The van der Waals surface area contributed by atoms with Crippen molar-refractivity contribution in [2.24, 2.45) is 0 Å². The Labute approximate surface area is 106 Å². The van der Waals surface area contributed by atoms with Crippen LogP contribution in [-0.4, -0.2) is 42.7 Å². The average molecular weight is 251 g/mol. The van der Waals surface area contributed by atoms with Crippen molar-refractivity contribution in [1.29, 1.82) is 0 Å². The van der Waals surface area contributed by atoms with E-state index in [0.29, 0.717) is 6.61 Å². The topological polar surface area (TPSA) is 37.4 Å². The molecule has 5 heteroatoms. The molecular weight excluding hydrogens is 234 g/mol. The third kappa shape index (κ3) is 2.50. The van der Waals surface area contributed by atoms with Crippen molar-refractivity contribution in [3.63, 3.8) is 0 Å². The number of hydrogen-bond acceptors (Lipinski definition) is 5. The largest absolute Gasteiger partial charge is 0.476 e. The normalized spacial score (nSPS) is 20.4. The summed E-state index contributed by atoms with van der Waals surface area (Å²) in [5.74, 6) is 4.26. The number of pyridine rings is 1. The second-order valence-corrected chi connectivity index (χ2v) is 5.48. The van der Waals surface area contributed by atoms with Crippen LogP contribution in [0, 0.1) is 0 Å². The molecule has 17 heavy (non-hydrogen) atoms. The number of aromatic nitrogens is 1. The van der Waals surface area contributed by atoms with Crippen molar-refractivity contribution in [1.82, 2.24) is 10.3 Å². The third-order valence-electron chi connectivity index (χ3n) is 3.09. The van der Waals surface area contributed by atoms with Crippen molar-refractivity contribution in [3.05, 3.63) is 17.7 Å². The molecule has 0 aliphatic carbocycles. The van der Waals surface area contributed by atoms with Gasteiger partial charge in [0.1, 0.15) is 12.4 Å². The van der Waals surface area contributed by atoms with Gasteiger partial charge in [-0.25, -0.2) is 0 Å². The van der Waals surface area contributed by atoms with E-state index in [2.05, 4.69) is 27.3 Å². The SMILES string of the molecule is c1cc2c(nc1N1CCSCC1)OCCNC2. The minimum Gasteiger partial charge on any atom is -0.476 e. The minimum absolute atomic E-state index is 0.708. The fraction of sp³-hybridized carbons (Fsp3) is 0.583. The summed E-state index contributed by atoms with van der Waals surface area (Å²) < 4.78 is 5.67. The highest BCUT2D eigenvalue weighted by Crippen LogP contribution is 2.24. The van der Waals surface area contributed by atoms with E-state index in [1.165, 1.54) is 11.5 Å². The molecule has 0 bridgehead atoms. The van der Waals surface area contributed by atoms with Crippen LogP contribution in [0.25, 0.3) is 0 Å². The maximum absolute atomic E-state index is 5.67. The summed E-state index contributed by atoms with van der Waals surface area (Å²) in [6, 6.07) is 4.25. The molecule has 1 aromatic rings. The van der Waals surface area contributed by atoms with Crippen molar-refractivity contribution >= 4 is 17.6 Å². The second kappa shape index (κ2) is 5.14. The lowest BCUT2D eigenvalue weighted by Crippen LogP contribution is -2.33. The van der Waals surface area contributed by atoms with Gasteiger partial charge in [-0.1, -0.05) is 0 Å². The van der Waals surface area contributed by atoms with Crippen LogP contribution in [0.15, 0.2) is 12.1 Å². The van der Waals surface area contributed by atoms with E-state index in [0.717, 1.165) is 43.4 Å². The van der Waals surface area contributed by atoms with Gasteiger partial charge in [-0.3, -0.25) is 0 Å². The molecule has 0 aromatic carbocycles. The van der Waals surface area contributed by atoms with E-state index in [-0.39, 0.29) is 0 Å². The van der Waals surface area contributed by atoms with Crippen LogP contribution in [0.4, 0.5) is 5.82 Å². The molecular formula is C12H17N3OS. The molecule has 1 fully saturated rings. The van der Waals surface area contributed by atoms with E-state index >= 15 is 0 Å². The van der Waals surface area contributed by atoms with Crippen molar-refractivity contribution in [3.8, 4) is 5.88 Å². The van der Waals surface area contributed by atoms with Crippen LogP contribution in [-0.2, 0) is 6.54 Å². The molecule has 92 valence electrons. The van der Waals surface area contributed by atoms with Gasteiger partial charge in [0.25, 0.3) is 0 Å². The number of nitrogens with zero attached hydrogens (tertiary/aromatic N) is 2. The van der Waals surface area contributed by atoms with Gasteiger partial charge in [0.2, 0.25) is 5.88 Å². The monoisotopic (exact) mass is 251 g/mol. The third-order valence-corrected chi connectivity index (χ3v) is 4.04. The summed E-state index contributed by atoms with van der Waals surface area (Å²) >= 11 is 2.01. The highest BCUT2D eigenvalue weighted by Gasteiger charge is 2.16. The van der Waals surface area contributed by atoms with Crippen molar-refractivity contribution in [2.75, 3.05) is 42.6 Å². The van der Waals surface area contributed by atoms with Crippen LogP contribution < -0.4 is 15.0 Å². The van der Waals surface area contributed by atoms with Crippen LogP contribution in [0.3, 0.4) is 0 Å². The zero-order valence-corrected chi connectivity index (χ0v) is 10.6. The molecule has 1 aromatic heterocycles. The Hall–Kier alpha value is -0.940. The van der Waals surface area contributed by atoms with Crippen molar-refractivity contribution < 1.29 is 4.74 Å². The number of anilines is 1. The van der Waals surface area contributed by atoms with E-state index in [1.807, 2.05) is 11.8 Å². The van der Waals surface area contributed by atoms with E-state index < -0.39 is 0 Å². The number of fused-ring (bicyclic) bond motifs is 1. The van der Waals surface area contributed by atoms with Gasteiger partial charge in [-0.05, 0) is 12.1 Å². The molecule has 2 aliphatic heterocycles.